The van der Waals surface area contributed by atoms with Gasteiger partial charge in [-0.1, -0.05) is 45.8 Å². The highest BCUT2D eigenvalue weighted by Crippen LogP contribution is 2.46. The molecule has 0 aromatic heterocycles. The van der Waals surface area contributed by atoms with E-state index in [4.69, 9.17) is 28.4 Å². The molecule has 11 heteroatoms. The van der Waals surface area contributed by atoms with Crippen LogP contribution < -0.4 is 0 Å². The van der Waals surface area contributed by atoms with E-state index in [1.54, 1.807) is 13.8 Å². The summed E-state index contributed by atoms with van der Waals surface area (Å²) in [5, 5.41) is 31.6. The zero-order chi connectivity index (χ0) is 45.9. The number of carbonyl (C=O) groups is 2. The number of hydrogen-bond acceptors (Lipinski definition) is 11. The van der Waals surface area contributed by atoms with E-state index in [0.717, 1.165) is 36.8 Å². The Morgan fingerprint density at radius 3 is 2.02 bits per heavy atom. The Morgan fingerprint density at radius 1 is 0.656 bits per heavy atom. The SMILES string of the molecule is C=C1CC2CCC(=O)C[C@@H]3O[C@H]4[C@@H](O)[C@H]5CC(CC(=O)C[C@H]6C(C[C@H]7O[C@@H](CC[C@@H]1O2)C[C@@H](C)C7=C)O[C@H](C[C@H](O)CO)[C@@H]6C)OC[C@@H]5O[C@H]4[C@H]3C.CC#CC#CC#CC#CC#CC. The van der Waals surface area contributed by atoms with Crippen LogP contribution in [0.5, 0.6) is 0 Å². The zero-order valence-corrected chi connectivity index (χ0v) is 38.3. The van der Waals surface area contributed by atoms with Crippen LogP contribution in [0.3, 0.4) is 0 Å². The molecule has 7 aliphatic rings. The van der Waals surface area contributed by atoms with Crippen LogP contribution in [0.1, 0.15) is 112 Å². The fourth-order valence-electron chi connectivity index (χ4n) is 10.8. The van der Waals surface area contributed by atoms with Crippen LogP contribution in [0.25, 0.3) is 0 Å². The lowest BCUT2D eigenvalue weighted by Crippen LogP contribution is -2.58. The summed E-state index contributed by atoms with van der Waals surface area (Å²) in [5.41, 5.74) is 2.10. The summed E-state index contributed by atoms with van der Waals surface area (Å²) in [4.78, 5) is 27.1. The van der Waals surface area contributed by atoms with Crippen LogP contribution in [-0.2, 0) is 38.0 Å². The number of carbonyl (C=O) groups excluding carboxylic acids is 2. The lowest BCUT2D eigenvalue weighted by atomic mass is 9.77. The van der Waals surface area contributed by atoms with Crippen molar-refractivity contribution in [1.82, 2.24) is 0 Å². The summed E-state index contributed by atoms with van der Waals surface area (Å²) < 4.78 is 38.9. The van der Waals surface area contributed by atoms with Gasteiger partial charge in [0.05, 0.1) is 86.5 Å². The van der Waals surface area contributed by atoms with Gasteiger partial charge in [0.1, 0.15) is 17.7 Å². The molecule has 0 aromatic carbocycles. The van der Waals surface area contributed by atoms with E-state index < -0.39 is 18.3 Å². The topological polar surface area (TPSA) is 150 Å². The largest absolute Gasteiger partial charge is 0.394 e. The predicted molar refractivity (Wildman–Crippen MR) is 241 cm³/mol. The molecule has 7 aliphatic heterocycles. The molecule has 7 saturated heterocycles. The van der Waals surface area contributed by atoms with E-state index in [-0.39, 0.29) is 122 Å². The molecular weight excluding hydrogens is 813 g/mol. The third-order valence-corrected chi connectivity index (χ3v) is 14.5. The van der Waals surface area contributed by atoms with Crippen molar-refractivity contribution in [1.29, 1.82) is 0 Å². The number of ketones is 2. The summed E-state index contributed by atoms with van der Waals surface area (Å²) in [6.45, 7) is 18.5. The molecule has 8 bridgehead atoms. The number of hydrogen-bond donors (Lipinski definition) is 3. The first-order chi connectivity index (χ1) is 30.8. The predicted octanol–water partition coefficient (Wildman–Crippen LogP) is 5.07. The van der Waals surface area contributed by atoms with Crippen molar-refractivity contribution in [2.75, 3.05) is 13.2 Å². The van der Waals surface area contributed by atoms with E-state index in [2.05, 4.69) is 86.2 Å². The van der Waals surface area contributed by atoms with Gasteiger partial charge in [0.15, 0.2) is 0 Å². The van der Waals surface area contributed by atoms with E-state index in [1.165, 1.54) is 0 Å². The lowest BCUT2D eigenvalue weighted by molar-refractivity contribution is -0.232. The van der Waals surface area contributed by atoms with Crippen molar-refractivity contribution >= 4 is 11.6 Å². The Labute approximate surface area is 381 Å². The van der Waals surface area contributed by atoms with Crippen LogP contribution in [0, 0.1) is 88.8 Å². The van der Waals surface area contributed by atoms with Gasteiger partial charge in [-0.15, -0.1) is 0 Å². The molecule has 0 spiro atoms. The molecule has 18 atom stereocenters. The minimum absolute atomic E-state index is 0.0158. The fourth-order valence-corrected chi connectivity index (χ4v) is 10.8. The monoisotopic (exact) mass is 880 g/mol. The van der Waals surface area contributed by atoms with Crippen LogP contribution in [0.15, 0.2) is 24.3 Å². The maximum absolute atomic E-state index is 13.8. The average molecular weight is 881 g/mol. The third-order valence-electron chi connectivity index (χ3n) is 14.5. The molecule has 0 aromatic rings. The maximum Gasteiger partial charge on any atom is 0.135 e. The highest BCUT2D eigenvalue weighted by molar-refractivity contribution is 5.79. The molecule has 0 saturated carbocycles. The number of aliphatic hydroxyl groups is 3. The quantitative estimate of drug-likeness (QED) is 0.258. The number of Topliss-reactive ketones (excluding diaryl/α,β-unsaturated/α-hetero) is 2. The Morgan fingerprint density at radius 2 is 1.33 bits per heavy atom. The average Bonchev–Trinajstić information content (AvgIpc) is 3.89. The van der Waals surface area contributed by atoms with E-state index in [9.17, 15) is 24.9 Å². The number of fused-ring (bicyclic) bond motifs is 7. The summed E-state index contributed by atoms with van der Waals surface area (Å²) in [5.74, 6) is 25.6. The molecule has 7 rings (SSSR count). The normalized spacial score (nSPS) is 40.0. The fraction of sp³-hybridized carbons (Fsp3) is 0.698. The third kappa shape index (κ3) is 12.8. The summed E-state index contributed by atoms with van der Waals surface area (Å²) in [6.07, 6.45) is 1.96. The van der Waals surface area contributed by atoms with E-state index in [0.29, 0.717) is 45.1 Å². The molecule has 64 heavy (non-hydrogen) atoms. The van der Waals surface area contributed by atoms with Crippen molar-refractivity contribution in [3.05, 3.63) is 24.3 Å². The highest BCUT2D eigenvalue weighted by atomic mass is 16.6. The number of aliphatic hydroxyl groups excluding tert-OH is 3. The van der Waals surface area contributed by atoms with Gasteiger partial charge in [0, 0.05) is 50.4 Å². The molecule has 11 nitrogen and oxygen atoms in total. The summed E-state index contributed by atoms with van der Waals surface area (Å²) in [6, 6.07) is 0. The second kappa shape index (κ2) is 23.6. The van der Waals surface area contributed by atoms with Gasteiger partial charge in [0.25, 0.3) is 0 Å². The Balaban J connectivity index is 0.000000497. The first kappa shape index (κ1) is 49.7. The number of rotatable bonds is 3. The first-order valence-corrected chi connectivity index (χ1v) is 23.4. The Kier molecular flexibility index (Phi) is 18.3. The molecule has 3 unspecified atom stereocenters. The molecule has 346 valence electrons. The second-order valence-corrected chi connectivity index (χ2v) is 18.9. The maximum atomic E-state index is 13.8. The van der Waals surface area contributed by atoms with Crippen LogP contribution in [0.4, 0.5) is 0 Å². The lowest BCUT2D eigenvalue weighted by Gasteiger charge is -2.46. The van der Waals surface area contributed by atoms with Gasteiger partial charge in [-0.05, 0) is 129 Å². The highest BCUT2D eigenvalue weighted by Gasteiger charge is 2.56. The molecule has 0 amide bonds. The van der Waals surface area contributed by atoms with Gasteiger partial charge < -0.3 is 43.7 Å². The standard InChI is InChI=1S/C41H62O11.C12H6/c1-20-10-29-8-9-33-21(2)11-28(48-33)7-6-25(43)14-35-24(5)40-41(51-35)39(46)32-16-30(47-19-38(32)52-40)12-26(44)13-31-23(4)34(15-27(45)18-42)50-37(31)17-36(49-29)22(20)3;1-3-5-7-9-11-12-10-8-6-4-2/h20,23-24,27-42,45-46H,2-3,6-19H2,1,4-5H3;1-2H3/t20-,23-,24+,27+,28?,29+,30?,31-,32+,33+,34-,35+,36-,37?,38+,39+,40+,41+;/m1./s1. The first-order valence-electron chi connectivity index (χ1n) is 23.4. The van der Waals surface area contributed by atoms with Crippen LogP contribution in [0.2, 0.25) is 0 Å². The minimum atomic E-state index is -0.899. The van der Waals surface area contributed by atoms with E-state index in [1.807, 2.05) is 6.92 Å². The van der Waals surface area contributed by atoms with Gasteiger partial charge in [-0.3, -0.25) is 9.59 Å². The molecule has 7 fully saturated rings. The van der Waals surface area contributed by atoms with Crippen molar-refractivity contribution < 1.29 is 53.3 Å². The second-order valence-electron chi connectivity index (χ2n) is 18.9. The molecule has 0 aliphatic carbocycles. The van der Waals surface area contributed by atoms with Gasteiger partial charge >= 0.3 is 0 Å². The summed E-state index contributed by atoms with van der Waals surface area (Å²) in [7, 11) is 0. The molecule has 7 heterocycles. The van der Waals surface area contributed by atoms with Crippen molar-refractivity contribution in [3.8, 4) is 59.2 Å². The van der Waals surface area contributed by atoms with Crippen molar-refractivity contribution in [3.63, 3.8) is 0 Å². The van der Waals surface area contributed by atoms with Gasteiger partial charge in [-0.2, -0.15) is 0 Å². The van der Waals surface area contributed by atoms with Crippen LogP contribution >= 0.6 is 0 Å². The molecule has 0 radical (unpaired) electrons. The Hall–Kier alpha value is -3.74. The zero-order valence-electron chi connectivity index (χ0n) is 38.3. The van der Waals surface area contributed by atoms with Crippen molar-refractivity contribution in [2.45, 2.75) is 191 Å². The Bertz CT molecular complexity index is 1960. The van der Waals surface area contributed by atoms with Crippen molar-refractivity contribution in [2.24, 2.45) is 29.6 Å². The van der Waals surface area contributed by atoms with Gasteiger partial charge in [0.2, 0.25) is 0 Å². The van der Waals surface area contributed by atoms with Crippen LogP contribution in [-0.4, -0.2) is 119 Å². The number of ether oxygens (including phenoxy) is 6. The van der Waals surface area contributed by atoms with E-state index >= 15 is 0 Å². The van der Waals surface area contributed by atoms with Gasteiger partial charge in [-0.25, -0.2) is 0 Å². The molecule has 3 N–H and O–H groups in total. The smallest absolute Gasteiger partial charge is 0.135 e. The summed E-state index contributed by atoms with van der Waals surface area (Å²) >= 11 is 0. The minimum Gasteiger partial charge on any atom is -0.394 e. The molecular formula is C53H68O11.